The molecule has 2 aliphatic rings. The fourth-order valence-electron chi connectivity index (χ4n) is 4.64. The van der Waals surface area contributed by atoms with E-state index in [4.69, 9.17) is 0 Å². The highest BCUT2D eigenvalue weighted by Gasteiger charge is 2.65. The molecule has 6 heteroatoms. The fraction of sp³-hybridized carbons (Fsp3) is 0.684. The lowest BCUT2D eigenvalue weighted by Crippen LogP contribution is -2.48. The summed E-state index contributed by atoms with van der Waals surface area (Å²) < 4.78 is 85.5. The van der Waals surface area contributed by atoms with Crippen molar-refractivity contribution in [3.63, 3.8) is 0 Å². The Morgan fingerprint density at radius 1 is 1.08 bits per heavy atom. The fourth-order valence-corrected chi connectivity index (χ4v) is 4.64. The Labute approximate surface area is 143 Å². The van der Waals surface area contributed by atoms with E-state index in [1.165, 1.54) is 0 Å². The van der Waals surface area contributed by atoms with Crippen molar-refractivity contribution in [3.05, 3.63) is 35.1 Å². The van der Waals surface area contributed by atoms with Crippen LogP contribution in [0.3, 0.4) is 0 Å². The van der Waals surface area contributed by atoms with Gasteiger partial charge < -0.3 is 0 Å². The molecule has 5 unspecified atom stereocenters. The van der Waals surface area contributed by atoms with Gasteiger partial charge in [0.1, 0.15) is 11.8 Å². The summed E-state index contributed by atoms with van der Waals surface area (Å²) in [5, 5.41) is 0. The molecule has 140 valence electrons. The minimum Gasteiger partial charge on any atom is -0.244 e. The van der Waals surface area contributed by atoms with Gasteiger partial charge in [0.15, 0.2) is 23.1 Å². The van der Waals surface area contributed by atoms with Crippen molar-refractivity contribution in [2.24, 2.45) is 5.92 Å². The summed E-state index contributed by atoms with van der Waals surface area (Å²) in [6.07, 6.45) is -0.948. The Balaban J connectivity index is 1.89. The first-order valence-electron chi connectivity index (χ1n) is 8.86. The normalized spacial score (nSPS) is 38.4. The Morgan fingerprint density at radius 2 is 1.72 bits per heavy atom. The van der Waals surface area contributed by atoms with Gasteiger partial charge in [-0.25, -0.2) is 26.3 Å². The zero-order valence-corrected chi connectivity index (χ0v) is 14.1. The Kier molecular flexibility index (Phi) is 4.84. The van der Waals surface area contributed by atoms with Crippen LogP contribution in [0.15, 0.2) is 12.1 Å². The number of hydrogen-bond donors (Lipinski definition) is 0. The zero-order valence-electron chi connectivity index (χ0n) is 14.1. The summed E-state index contributed by atoms with van der Waals surface area (Å²) >= 11 is 0. The van der Waals surface area contributed by atoms with Gasteiger partial charge in [-0.2, -0.15) is 0 Å². The SMILES string of the molecule is CCCC1CCC2(F)CC(c3cc(F)c(F)c(F)c3)CC2(F)C(F)C1. The van der Waals surface area contributed by atoms with Gasteiger partial charge in [0, 0.05) is 0 Å². The third-order valence-electron chi connectivity index (χ3n) is 6.02. The van der Waals surface area contributed by atoms with E-state index in [1.54, 1.807) is 0 Å². The van der Waals surface area contributed by atoms with Gasteiger partial charge in [-0.1, -0.05) is 19.8 Å². The average molecular weight is 364 g/mol. The first-order chi connectivity index (χ1) is 11.7. The second-order valence-electron chi connectivity index (χ2n) is 7.63. The van der Waals surface area contributed by atoms with E-state index in [1.807, 2.05) is 6.92 Å². The van der Waals surface area contributed by atoms with E-state index in [2.05, 4.69) is 0 Å². The molecule has 2 saturated carbocycles. The molecule has 2 aliphatic carbocycles. The molecular weight excluding hydrogens is 342 g/mol. The lowest BCUT2D eigenvalue weighted by molar-refractivity contribution is -0.0663. The monoisotopic (exact) mass is 364 g/mol. The highest BCUT2D eigenvalue weighted by molar-refractivity contribution is 5.29. The number of halogens is 6. The van der Waals surface area contributed by atoms with Gasteiger partial charge >= 0.3 is 0 Å². The molecule has 1 aromatic carbocycles. The van der Waals surface area contributed by atoms with E-state index in [0.29, 0.717) is 6.42 Å². The molecule has 2 fully saturated rings. The molecule has 0 bridgehead atoms. The van der Waals surface area contributed by atoms with Crippen molar-refractivity contribution in [2.75, 3.05) is 0 Å². The van der Waals surface area contributed by atoms with Gasteiger partial charge in [-0.3, -0.25) is 0 Å². The van der Waals surface area contributed by atoms with Crippen LogP contribution in [-0.4, -0.2) is 17.5 Å². The number of benzene rings is 1. The largest absolute Gasteiger partial charge is 0.244 e. The van der Waals surface area contributed by atoms with E-state index in [9.17, 15) is 17.6 Å². The predicted octanol–water partition coefficient (Wildman–Crippen LogP) is 6.34. The highest BCUT2D eigenvalue weighted by Crippen LogP contribution is 2.59. The molecule has 0 N–H and O–H groups in total. The van der Waals surface area contributed by atoms with Crippen LogP contribution < -0.4 is 0 Å². The van der Waals surface area contributed by atoms with Gasteiger partial charge in [0.05, 0.1) is 0 Å². The summed E-state index contributed by atoms with van der Waals surface area (Å²) in [7, 11) is 0. The molecule has 0 saturated heterocycles. The molecule has 0 radical (unpaired) electrons. The van der Waals surface area contributed by atoms with Crippen molar-refractivity contribution < 1.29 is 26.3 Å². The molecule has 25 heavy (non-hydrogen) atoms. The van der Waals surface area contributed by atoms with Crippen LogP contribution in [-0.2, 0) is 0 Å². The number of alkyl halides is 3. The van der Waals surface area contributed by atoms with Gasteiger partial charge in [-0.15, -0.1) is 0 Å². The summed E-state index contributed by atoms with van der Waals surface area (Å²) in [4.78, 5) is 0. The standard InChI is InChI=1S/C19H22F6/c1-2-3-11-4-5-18(24)9-13(10-19(18,25)16(22)6-11)12-7-14(20)17(23)15(21)8-12/h7-8,11,13,16H,2-6,9-10H2,1H3. The number of rotatable bonds is 3. The maximum atomic E-state index is 15.4. The quantitative estimate of drug-likeness (QED) is 0.434. The maximum Gasteiger partial charge on any atom is 0.194 e. The summed E-state index contributed by atoms with van der Waals surface area (Å²) in [5.74, 6) is -5.34. The molecule has 0 heterocycles. The van der Waals surface area contributed by atoms with Crippen LogP contribution in [0, 0.1) is 23.4 Å². The van der Waals surface area contributed by atoms with Gasteiger partial charge in [-0.05, 0) is 61.6 Å². The molecule has 0 amide bonds. The maximum absolute atomic E-state index is 15.4. The Bertz CT molecular complexity index is 624. The predicted molar refractivity (Wildman–Crippen MR) is 83.1 cm³/mol. The zero-order chi connectivity index (χ0) is 18.4. The molecule has 0 aliphatic heterocycles. The average Bonchev–Trinajstić information content (AvgIpc) is 2.79. The van der Waals surface area contributed by atoms with E-state index in [0.717, 1.165) is 25.0 Å². The summed E-state index contributed by atoms with van der Waals surface area (Å²) in [5.41, 5.74) is -5.04. The van der Waals surface area contributed by atoms with Crippen LogP contribution in [0.25, 0.3) is 0 Å². The summed E-state index contributed by atoms with van der Waals surface area (Å²) in [6, 6.07) is 1.52. The summed E-state index contributed by atoms with van der Waals surface area (Å²) in [6.45, 7) is 1.95. The molecule has 0 aromatic heterocycles. The van der Waals surface area contributed by atoms with E-state index >= 15 is 8.78 Å². The van der Waals surface area contributed by atoms with Crippen LogP contribution in [0.5, 0.6) is 0 Å². The molecule has 0 spiro atoms. The van der Waals surface area contributed by atoms with Crippen molar-refractivity contribution >= 4 is 0 Å². The van der Waals surface area contributed by atoms with Crippen molar-refractivity contribution in [2.45, 2.75) is 75.3 Å². The smallest absolute Gasteiger partial charge is 0.194 e. The first-order valence-corrected chi connectivity index (χ1v) is 8.86. The molecule has 0 nitrogen and oxygen atoms in total. The first kappa shape index (κ1) is 18.6. The third kappa shape index (κ3) is 3.06. The number of fused-ring (bicyclic) bond motifs is 1. The molecule has 3 rings (SSSR count). The molecule has 1 aromatic rings. The number of hydrogen-bond acceptors (Lipinski definition) is 0. The van der Waals surface area contributed by atoms with E-state index in [-0.39, 0.29) is 30.7 Å². The van der Waals surface area contributed by atoms with Crippen LogP contribution in [0.2, 0.25) is 0 Å². The lowest BCUT2D eigenvalue weighted by atomic mass is 9.84. The highest BCUT2D eigenvalue weighted by atomic mass is 19.2. The second-order valence-corrected chi connectivity index (χ2v) is 7.63. The second kappa shape index (κ2) is 6.51. The van der Waals surface area contributed by atoms with Gasteiger partial charge in [0.25, 0.3) is 0 Å². The minimum absolute atomic E-state index is 0.0177. The van der Waals surface area contributed by atoms with Crippen LogP contribution >= 0.6 is 0 Å². The minimum atomic E-state index is -2.67. The van der Waals surface area contributed by atoms with Crippen molar-refractivity contribution in [3.8, 4) is 0 Å². The van der Waals surface area contributed by atoms with Crippen molar-refractivity contribution in [1.29, 1.82) is 0 Å². The van der Waals surface area contributed by atoms with Crippen molar-refractivity contribution in [1.82, 2.24) is 0 Å². The van der Waals surface area contributed by atoms with E-state index < -0.39 is 47.3 Å². The molecule has 5 atom stereocenters. The van der Waals surface area contributed by atoms with Crippen LogP contribution in [0.4, 0.5) is 26.3 Å². The topological polar surface area (TPSA) is 0 Å². The Hall–Kier alpha value is -1.20. The lowest BCUT2D eigenvalue weighted by Gasteiger charge is -2.33. The van der Waals surface area contributed by atoms with Gasteiger partial charge in [0.2, 0.25) is 0 Å². The third-order valence-corrected chi connectivity index (χ3v) is 6.02. The Morgan fingerprint density at radius 3 is 2.32 bits per heavy atom. The molecular formula is C19H22F6. The van der Waals surface area contributed by atoms with Crippen LogP contribution in [0.1, 0.15) is 63.4 Å².